The van der Waals surface area contributed by atoms with Gasteiger partial charge < -0.3 is 24.8 Å². The molecule has 2 aliphatic heterocycles. The zero-order valence-electron chi connectivity index (χ0n) is 29.5. The molecule has 292 valence electrons. The molecule has 7 rings (SSSR count). The van der Waals surface area contributed by atoms with E-state index in [1.54, 1.807) is 83.4 Å². The van der Waals surface area contributed by atoms with Gasteiger partial charge in [-0.1, -0.05) is 41.4 Å². The molecule has 3 N–H and O–H groups in total. The second-order valence-corrected chi connectivity index (χ2v) is 18.2. The van der Waals surface area contributed by atoms with Gasteiger partial charge in [0.05, 0.1) is 14.8 Å². The molecule has 2 saturated heterocycles. The second kappa shape index (κ2) is 18.2. The van der Waals surface area contributed by atoms with E-state index in [-0.39, 0.29) is 20.7 Å². The lowest BCUT2D eigenvalue weighted by Gasteiger charge is -2.37. The van der Waals surface area contributed by atoms with Crippen molar-refractivity contribution in [1.82, 2.24) is 20.2 Å². The third-order valence-electron chi connectivity index (χ3n) is 8.57. The molecule has 0 saturated carbocycles. The Kier molecular flexibility index (Phi) is 13.4. The Balaban J connectivity index is 0.000000209. The molecule has 2 aromatic heterocycles. The summed E-state index contributed by atoms with van der Waals surface area (Å²) in [7, 11) is -7.34. The number of nitrogens with zero attached hydrogens (tertiary/aromatic N) is 5. The van der Waals surface area contributed by atoms with E-state index >= 15 is 0 Å². The highest BCUT2D eigenvalue weighted by atomic mass is 35.5. The van der Waals surface area contributed by atoms with Gasteiger partial charge in [0.1, 0.15) is 10.8 Å². The molecule has 0 radical (unpaired) electrons. The first-order valence-electron chi connectivity index (χ1n) is 17.0. The quantitative estimate of drug-likeness (QED) is 0.149. The average Bonchev–Trinajstić information content (AvgIpc) is 3.91. The molecule has 14 nitrogen and oxygen atoms in total. The molecule has 3 aromatic carbocycles. The topological polar surface area (TPSA) is 166 Å². The number of carbonyl (C=O) groups is 1. The van der Waals surface area contributed by atoms with Crippen molar-refractivity contribution < 1.29 is 26.4 Å². The number of thiazole rings is 2. The van der Waals surface area contributed by atoms with Crippen molar-refractivity contribution in [3.05, 3.63) is 99.9 Å². The Morgan fingerprint density at radius 1 is 0.764 bits per heavy atom. The number of piperazine rings is 2. The number of hydrogen-bond donors (Lipinski definition) is 3. The van der Waals surface area contributed by atoms with Crippen molar-refractivity contribution in [2.24, 2.45) is 0 Å². The number of benzene rings is 3. The fourth-order valence-corrected chi connectivity index (χ4v) is 9.76. The average molecular weight is 866 g/mol. The number of ether oxygens (including phenoxy) is 1. The molecule has 4 heterocycles. The largest absolute Gasteiger partial charge is 0.479 e. The fraction of sp³-hybridized carbons (Fsp3) is 0.286. The van der Waals surface area contributed by atoms with Crippen LogP contribution in [0.5, 0.6) is 5.75 Å². The Morgan fingerprint density at radius 3 is 1.78 bits per heavy atom. The van der Waals surface area contributed by atoms with Gasteiger partial charge in [-0.2, -0.15) is 0 Å². The van der Waals surface area contributed by atoms with Crippen molar-refractivity contribution in [1.29, 1.82) is 0 Å². The third-order valence-corrected chi connectivity index (χ3v) is 13.7. The monoisotopic (exact) mass is 864 g/mol. The molecular weight excluding hydrogens is 828 g/mol. The number of nitrogens with one attached hydrogen (secondary N) is 3. The summed E-state index contributed by atoms with van der Waals surface area (Å²) in [6, 6.07) is 18.8. The van der Waals surface area contributed by atoms with E-state index < -0.39 is 26.2 Å². The van der Waals surface area contributed by atoms with Gasteiger partial charge in [-0.3, -0.25) is 14.2 Å². The summed E-state index contributed by atoms with van der Waals surface area (Å²) < 4.78 is 60.8. The van der Waals surface area contributed by atoms with Gasteiger partial charge in [0.15, 0.2) is 16.4 Å². The molecule has 0 unspecified atom stereocenters. The minimum atomic E-state index is -3.75. The fourth-order valence-electron chi connectivity index (χ4n) is 5.77. The Bertz CT molecular complexity index is 2270. The molecule has 0 aliphatic carbocycles. The van der Waals surface area contributed by atoms with Crippen LogP contribution in [0.15, 0.2) is 99.7 Å². The van der Waals surface area contributed by atoms with Crippen LogP contribution in [0, 0.1) is 0 Å². The Hall–Kier alpha value is -4.17. The van der Waals surface area contributed by atoms with Gasteiger partial charge in [0.25, 0.3) is 26.0 Å². The summed E-state index contributed by atoms with van der Waals surface area (Å²) in [5.74, 6) is 0.206. The highest BCUT2D eigenvalue weighted by Gasteiger charge is 2.28. The predicted molar refractivity (Wildman–Crippen MR) is 219 cm³/mol. The summed E-state index contributed by atoms with van der Waals surface area (Å²) in [5, 5.41) is 8.03. The zero-order chi connectivity index (χ0) is 39.0. The highest BCUT2D eigenvalue weighted by Crippen LogP contribution is 2.32. The van der Waals surface area contributed by atoms with Crippen LogP contribution < -0.4 is 29.3 Å². The normalized spacial score (nSPS) is 15.4. The lowest BCUT2D eigenvalue weighted by atomic mass is 10.2. The summed E-state index contributed by atoms with van der Waals surface area (Å²) in [6.45, 7) is 7.32. The number of halogens is 2. The maximum absolute atomic E-state index is 12.9. The second-order valence-electron chi connectivity index (χ2n) is 12.2. The zero-order valence-corrected chi connectivity index (χ0v) is 34.2. The molecule has 5 aromatic rings. The minimum Gasteiger partial charge on any atom is -0.479 e. The first-order valence-corrected chi connectivity index (χ1v) is 22.5. The Labute approximate surface area is 338 Å². The van der Waals surface area contributed by atoms with Crippen molar-refractivity contribution >= 4 is 93.5 Å². The number of carbonyl (C=O) groups excluding carboxylic acids is 1. The molecule has 1 atom stereocenters. The molecule has 2 fully saturated rings. The van der Waals surface area contributed by atoms with Gasteiger partial charge in [0.2, 0.25) is 0 Å². The molecular formula is C35H38Cl2N8O6S4. The number of aromatic nitrogens is 2. The van der Waals surface area contributed by atoms with E-state index in [4.69, 9.17) is 27.9 Å². The first-order chi connectivity index (χ1) is 26.4. The van der Waals surface area contributed by atoms with Crippen LogP contribution in [-0.2, 0) is 24.8 Å². The van der Waals surface area contributed by atoms with Crippen molar-refractivity contribution in [3.63, 3.8) is 0 Å². The van der Waals surface area contributed by atoms with E-state index in [1.807, 2.05) is 17.0 Å². The van der Waals surface area contributed by atoms with E-state index in [0.717, 1.165) is 37.6 Å². The lowest BCUT2D eigenvalue weighted by Crippen LogP contribution is -2.52. The summed E-state index contributed by atoms with van der Waals surface area (Å²) >= 11 is 14.6. The van der Waals surface area contributed by atoms with Crippen molar-refractivity contribution in [2.75, 3.05) is 71.6 Å². The van der Waals surface area contributed by atoms with Crippen LogP contribution in [0.1, 0.15) is 6.92 Å². The van der Waals surface area contributed by atoms with Gasteiger partial charge in [-0.05, 0) is 55.5 Å². The summed E-state index contributed by atoms with van der Waals surface area (Å²) in [4.78, 5) is 27.2. The van der Waals surface area contributed by atoms with Crippen LogP contribution in [-0.4, -0.2) is 96.1 Å². The molecule has 1 amide bonds. The maximum atomic E-state index is 12.9. The smallest absolute Gasteiger partial charge is 0.263 e. The van der Waals surface area contributed by atoms with E-state index in [0.29, 0.717) is 47.2 Å². The third kappa shape index (κ3) is 10.6. The maximum Gasteiger partial charge on any atom is 0.263 e. The molecule has 0 bridgehead atoms. The van der Waals surface area contributed by atoms with E-state index in [2.05, 4.69) is 29.6 Å². The minimum absolute atomic E-state index is 0.152. The first kappa shape index (κ1) is 40.5. The van der Waals surface area contributed by atoms with E-state index in [1.165, 1.54) is 28.9 Å². The Morgan fingerprint density at radius 2 is 1.27 bits per heavy atom. The van der Waals surface area contributed by atoms with Crippen LogP contribution >= 0.6 is 45.9 Å². The number of anilines is 4. The lowest BCUT2D eigenvalue weighted by molar-refractivity contribution is -0.138. The number of hydrogen-bond acceptors (Lipinski definition) is 13. The van der Waals surface area contributed by atoms with E-state index in [9.17, 15) is 21.6 Å². The van der Waals surface area contributed by atoms with Crippen LogP contribution in [0.25, 0.3) is 0 Å². The predicted octanol–water partition coefficient (Wildman–Crippen LogP) is 5.72. The number of amides is 1. The van der Waals surface area contributed by atoms with Gasteiger partial charge >= 0.3 is 0 Å². The van der Waals surface area contributed by atoms with Crippen LogP contribution in [0.3, 0.4) is 0 Å². The summed E-state index contributed by atoms with van der Waals surface area (Å²) in [5.41, 5.74) is 1.70. The standard InChI is InChI=1S/C22H22Cl2N4O4S2.C13H16N4O2S2/c1-15(32-19-7-3-6-18(23)20(19)24)21(29)28-11-9-27(10-12-28)16-4-2-5-17(14-16)34(30,31)26-22-25-8-13-33-22;18-21(19,16-13-15-6-9-20-13)12-3-1-2-11(10-12)17-7-4-14-5-8-17/h2-8,13-15H,9-12H2,1H3,(H,25,26);1-3,6,9-10,14H,4-5,7-8H2,(H,15,16)/t15-;/m0./s1. The van der Waals surface area contributed by atoms with Crippen molar-refractivity contribution in [3.8, 4) is 5.75 Å². The molecule has 2 aliphatic rings. The molecule has 0 spiro atoms. The highest BCUT2D eigenvalue weighted by molar-refractivity contribution is 7.93. The van der Waals surface area contributed by atoms with Gasteiger partial charge in [-0.25, -0.2) is 26.8 Å². The van der Waals surface area contributed by atoms with Crippen LogP contribution in [0.4, 0.5) is 21.6 Å². The summed E-state index contributed by atoms with van der Waals surface area (Å²) in [6.07, 6.45) is 2.38. The number of sulfonamides is 2. The molecule has 55 heavy (non-hydrogen) atoms. The van der Waals surface area contributed by atoms with Gasteiger partial charge in [0, 0.05) is 86.9 Å². The van der Waals surface area contributed by atoms with Crippen molar-refractivity contribution in [2.45, 2.75) is 22.8 Å². The molecule has 20 heteroatoms. The van der Waals surface area contributed by atoms with Gasteiger partial charge in [-0.15, -0.1) is 22.7 Å². The van der Waals surface area contributed by atoms with Crippen LogP contribution in [0.2, 0.25) is 10.0 Å². The number of rotatable bonds is 11. The SMILES string of the molecule is C[C@H](Oc1cccc(Cl)c1Cl)C(=O)N1CCN(c2cccc(S(=O)(=O)Nc3nccs3)c2)CC1.O=S(=O)(Nc1nccs1)c1cccc(N2CCNCC2)c1.